The minimum Gasteiger partial charge on any atom is -0.483 e. The highest BCUT2D eigenvalue weighted by Gasteiger charge is 2.44. The highest BCUT2D eigenvalue weighted by atomic mass is 16.5. The number of carbonyl (C=O) groups is 5. The van der Waals surface area contributed by atoms with Crippen LogP contribution in [0.15, 0.2) is 18.2 Å². The molecule has 4 rings (SSSR count). The van der Waals surface area contributed by atoms with E-state index in [1.54, 1.807) is 17.0 Å². The Balaban J connectivity index is 1.40. The third kappa shape index (κ3) is 5.28. The van der Waals surface area contributed by atoms with E-state index in [1.807, 2.05) is 12.2 Å². The lowest BCUT2D eigenvalue weighted by atomic mass is 9.79. The molecule has 1 unspecified atom stereocenters. The second-order valence-electron chi connectivity index (χ2n) is 9.68. The van der Waals surface area contributed by atoms with Crippen molar-refractivity contribution in [3.8, 4) is 5.75 Å². The number of nitrogens with one attached hydrogen (secondary N) is 2. The molecule has 3 heterocycles. The number of benzene rings is 1. The van der Waals surface area contributed by atoms with Crippen molar-refractivity contribution in [1.29, 1.82) is 0 Å². The molecule has 0 bridgehead atoms. The predicted octanol–water partition coefficient (Wildman–Crippen LogP) is 1.34. The molecule has 0 aromatic heterocycles. The molecule has 2 saturated heterocycles. The molecule has 0 aliphatic carbocycles. The first kappa shape index (κ1) is 25.8. The highest BCUT2D eigenvalue weighted by Crippen LogP contribution is 2.34. The number of imide groups is 2. The summed E-state index contributed by atoms with van der Waals surface area (Å²) in [5.41, 5.74) is 0.160. The van der Waals surface area contributed by atoms with Gasteiger partial charge < -0.3 is 15.0 Å². The number of piperidine rings is 2. The van der Waals surface area contributed by atoms with Crippen molar-refractivity contribution in [2.45, 2.75) is 51.5 Å². The zero-order chi connectivity index (χ0) is 25.7. The summed E-state index contributed by atoms with van der Waals surface area (Å²) in [5, 5.41) is 5.44. The molecular formula is C26H34N4O6. The zero-order valence-electron chi connectivity index (χ0n) is 20.7. The third-order valence-electron chi connectivity index (χ3n) is 7.58. The number of hydrogen-bond acceptors (Lipinski definition) is 7. The summed E-state index contributed by atoms with van der Waals surface area (Å²) in [5.74, 6) is -0.644. The van der Waals surface area contributed by atoms with E-state index in [1.165, 1.54) is 18.9 Å². The van der Waals surface area contributed by atoms with Crippen LogP contribution < -0.4 is 15.4 Å². The van der Waals surface area contributed by atoms with Gasteiger partial charge in [0.25, 0.3) is 17.7 Å². The van der Waals surface area contributed by atoms with E-state index in [4.69, 9.17) is 4.74 Å². The first-order chi connectivity index (χ1) is 17.5. The SMILES string of the molecule is CCCC(C(=O)NC=O)N1C(=O)c2cccc(OCC(=O)N3CCC(C4CCNCC4)CC3)c2C1=O. The van der Waals surface area contributed by atoms with Crippen LogP contribution in [0.2, 0.25) is 0 Å². The van der Waals surface area contributed by atoms with Crippen molar-refractivity contribution in [3.63, 3.8) is 0 Å². The maximum Gasteiger partial charge on any atom is 0.266 e. The van der Waals surface area contributed by atoms with E-state index in [-0.39, 0.29) is 42.2 Å². The molecular weight excluding hydrogens is 464 g/mol. The lowest BCUT2D eigenvalue weighted by Crippen LogP contribution is -2.49. The summed E-state index contributed by atoms with van der Waals surface area (Å²) in [4.78, 5) is 65.0. The van der Waals surface area contributed by atoms with Gasteiger partial charge in [-0.15, -0.1) is 0 Å². The molecule has 2 fully saturated rings. The molecule has 10 heteroatoms. The smallest absolute Gasteiger partial charge is 0.266 e. The molecule has 1 aromatic rings. The average molecular weight is 499 g/mol. The van der Waals surface area contributed by atoms with Crippen LogP contribution in [0.1, 0.15) is 66.2 Å². The quantitative estimate of drug-likeness (QED) is 0.389. The van der Waals surface area contributed by atoms with Gasteiger partial charge in [0.1, 0.15) is 11.8 Å². The molecule has 1 atom stereocenters. The minimum atomic E-state index is -1.11. The van der Waals surface area contributed by atoms with Gasteiger partial charge in [-0.1, -0.05) is 19.4 Å². The zero-order valence-corrected chi connectivity index (χ0v) is 20.7. The predicted molar refractivity (Wildman–Crippen MR) is 130 cm³/mol. The Morgan fingerprint density at radius 3 is 2.47 bits per heavy atom. The molecule has 5 amide bonds. The molecule has 194 valence electrons. The van der Waals surface area contributed by atoms with Gasteiger partial charge in [-0.3, -0.25) is 34.2 Å². The molecule has 2 N–H and O–H groups in total. The topological polar surface area (TPSA) is 125 Å². The second-order valence-corrected chi connectivity index (χ2v) is 9.68. The van der Waals surface area contributed by atoms with Crippen molar-refractivity contribution in [1.82, 2.24) is 20.4 Å². The van der Waals surface area contributed by atoms with E-state index < -0.39 is 23.8 Å². The number of fused-ring (bicyclic) bond motifs is 1. The normalized spacial score (nSPS) is 19.7. The van der Waals surface area contributed by atoms with E-state index in [2.05, 4.69) is 5.32 Å². The van der Waals surface area contributed by atoms with Gasteiger partial charge in [0.15, 0.2) is 6.61 Å². The Kier molecular flexibility index (Phi) is 8.35. The van der Waals surface area contributed by atoms with Gasteiger partial charge in [0, 0.05) is 13.1 Å². The van der Waals surface area contributed by atoms with E-state index >= 15 is 0 Å². The van der Waals surface area contributed by atoms with Crippen LogP contribution in [0.25, 0.3) is 0 Å². The average Bonchev–Trinajstić information content (AvgIpc) is 3.16. The van der Waals surface area contributed by atoms with Crippen molar-refractivity contribution >= 4 is 30.0 Å². The van der Waals surface area contributed by atoms with Crippen LogP contribution >= 0.6 is 0 Å². The Hall–Kier alpha value is -3.27. The fraction of sp³-hybridized carbons (Fsp3) is 0.577. The van der Waals surface area contributed by atoms with Crippen LogP contribution in [0.3, 0.4) is 0 Å². The van der Waals surface area contributed by atoms with Gasteiger partial charge in [-0.2, -0.15) is 0 Å². The monoisotopic (exact) mass is 498 g/mol. The van der Waals surface area contributed by atoms with Crippen LogP contribution in [0.4, 0.5) is 0 Å². The number of amides is 5. The van der Waals surface area contributed by atoms with E-state index in [9.17, 15) is 24.0 Å². The Labute approximate surface area is 210 Å². The molecule has 0 spiro atoms. The fourth-order valence-electron chi connectivity index (χ4n) is 5.65. The molecule has 3 aliphatic heterocycles. The Morgan fingerprint density at radius 2 is 1.81 bits per heavy atom. The largest absolute Gasteiger partial charge is 0.483 e. The molecule has 1 aromatic carbocycles. The molecule has 36 heavy (non-hydrogen) atoms. The summed E-state index contributed by atoms with van der Waals surface area (Å²) in [6.45, 7) is 5.10. The van der Waals surface area contributed by atoms with Gasteiger partial charge in [0.05, 0.1) is 11.1 Å². The van der Waals surface area contributed by atoms with E-state index in [0.717, 1.165) is 36.7 Å². The summed E-state index contributed by atoms with van der Waals surface area (Å²) in [6.07, 6.45) is 5.34. The van der Waals surface area contributed by atoms with Crippen LogP contribution in [-0.2, 0) is 14.4 Å². The Bertz CT molecular complexity index is 1010. The number of ether oxygens (including phenoxy) is 1. The highest BCUT2D eigenvalue weighted by molar-refractivity contribution is 6.24. The summed E-state index contributed by atoms with van der Waals surface area (Å²) < 4.78 is 5.77. The fourth-order valence-corrected chi connectivity index (χ4v) is 5.65. The second kappa shape index (κ2) is 11.6. The van der Waals surface area contributed by atoms with Gasteiger partial charge in [-0.05, 0) is 69.2 Å². The third-order valence-corrected chi connectivity index (χ3v) is 7.58. The van der Waals surface area contributed by atoms with Crippen molar-refractivity contribution in [2.75, 3.05) is 32.8 Å². The van der Waals surface area contributed by atoms with E-state index in [0.29, 0.717) is 25.4 Å². The standard InChI is InChI=1S/C26H34N4O6/c1-2-4-20(24(33)28-16-31)30-25(34)19-5-3-6-21(23(19)26(30)35)36-15-22(32)29-13-9-18(10-14-29)17-7-11-27-12-8-17/h3,5-6,16-18,20,27H,2,4,7-15H2,1H3,(H,28,31,33). The first-order valence-corrected chi connectivity index (χ1v) is 12.8. The molecule has 0 radical (unpaired) electrons. The summed E-state index contributed by atoms with van der Waals surface area (Å²) >= 11 is 0. The van der Waals surface area contributed by atoms with Gasteiger partial charge >= 0.3 is 0 Å². The molecule has 3 aliphatic rings. The van der Waals surface area contributed by atoms with Gasteiger partial charge in [-0.25, -0.2) is 0 Å². The van der Waals surface area contributed by atoms with Crippen molar-refractivity contribution < 1.29 is 28.7 Å². The number of carbonyl (C=O) groups excluding carboxylic acids is 5. The van der Waals surface area contributed by atoms with Crippen LogP contribution in [-0.4, -0.2) is 78.7 Å². The van der Waals surface area contributed by atoms with Crippen LogP contribution in [0.5, 0.6) is 5.75 Å². The number of rotatable bonds is 9. The lowest BCUT2D eigenvalue weighted by Gasteiger charge is -2.37. The lowest BCUT2D eigenvalue weighted by molar-refractivity contribution is -0.135. The minimum absolute atomic E-state index is 0.0416. The van der Waals surface area contributed by atoms with Crippen molar-refractivity contribution in [3.05, 3.63) is 29.3 Å². The summed E-state index contributed by atoms with van der Waals surface area (Å²) in [7, 11) is 0. The summed E-state index contributed by atoms with van der Waals surface area (Å²) in [6, 6.07) is 3.52. The Morgan fingerprint density at radius 1 is 1.11 bits per heavy atom. The number of nitrogens with zero attached hydrogens (tertiary/aromatic N) is 2. The molecule has 0 saturated carbocycles. The van der Waals surface area contributed by atoms with Crippen molar-refractivity contribution in [2.24, 2.45) is 11.8 Å². The number of likely N-dealkylation sites (tertiary alicyclic amines) is 1. The maximum atomic E-state index is 13.2. The van der Waals surface area contributed by atoms with Crippen LogP contribution in [0, 0.1) is 11.8 Å². The molecule has 10 nitrogen and oxygen atoms in total. The van der Waals surface area contributed by atoms with Gasteiger partial charge in [0.2, 0.25) is 12.3 Å². The first-order valence-electron chi connectivity index (χ1n) is 12.8. The number of hydrogen-bond donors (Lipinski definition) is 2. The maximum absolute atomic E-state index is 13.2.